The van der Waals surface area contributed by atoms with Crippen molar-refractivity contribution in [1.82, 2.24) is 9.97 Å². The number of aromatic hydroxyl groups is 1. The minimum atomic E-state index is 0.275. The van der Waals surface area contributed by atoms with E-state index in [1.54, 1.807) is 12.1 Å². The van der Waals surface area contributed by atoms with Crippen LogP contribution in [-0.2, 0) is 6.54 Å². The van der Waals surface area contributed by atoms with Crippen LogP contribution in [0, 0.1) is 0 Å². The molecule has 5 nitrogen and oxygen atoms in total. The minimum Gasteiger partial charge on any atom is -0.508 e. The van der Waals surface area contributed by atoms with E-state index in [0.29, 0.717) is 17.4 Å². The number of nitrogens with zero attached hydrogens (tertiary/aromatic N) is 2. The topological polar surface area (TPSA) is 70.1 Å². The molecule has 0 amide bonds. The molecule has 1 heterocycles. The lowest BCUT2D eigenvalue weighted by molar-refractivity contribution is 0.469. The summed E-state index contributed by atoms with van der Waals surface area (Å²) >= 11 is 6.06. The van der Waals surface area contributed by atoms with Gasteiger partial charge in [-0.25, -0.2) is 9.97 Å². The van der Waals surface area contributed by atoms with Crippen LogP contribution in [0.1, 0.15) is 5.56 Å². The molecule has 0 spiro atoms. The van der Waals surface area contributed by atoms with Crippen LogP contribution in [0.2, 0.25) is 5.02 Å². The fourth-order valence-corrected chi connectivity index (χ4v) is 3.02. The van der Waals surface area contributed by atoms with E-state index in [2.05, 4.69) is 20.6 Å². The van der Waals surface area contributed by atoms with Crippen molar-refractivity contribution in [3.05, 3.63) is 83.6 Å². The average Bonchev–Trinajstić information content (AvgIpc) is 2.68. The van der Waals surface area contributed by atoms with Crippen LogP contribution >= 0.6 is 11.6 Å². The molecular formula is C21H17ClN4O. The van der Waals surface area contributed by atoms with E-state index in [4.69, 9.17) is 11.6 Å². The zero-order valence-electron chi connectivity index (χ0n) is 14.4. The molecule has 0 aliphatic carbocycles. The zero-order valence-corrected chi connectivity index (χ0v) is 15.1. The Bertz CT molecular complexity index is 1100. The second kappa shape index (κ2) is 7.51. The van der Waals surface area contributed by atoms with Crippen molar-refractivity contribution < 1.29 is 5.11 Å². The number of anilines is 3. The molecule has 0 bridgehead atoms. The number of fused-ring (bicyclic) bond motifs is 1. The first-order valence-electron chi connectivity index (χ1n) is 8.47. The summed E-state index contributed by atoms with van der Waals surface area (Å²) in [5, 5.41) is 18.1. The van der Waals surface area contributed by atoms with Crippen molar-refractivity contribution in [3.63, 3.8) is 0 Å². The maximum atomic E-state index is 9.91. The quantitative estimate of drug-likeness (QED) is 0.438. The molecule has 0 aliphatic heterocycles. The molecule has 1 aromatic heterocycles. The standard InChI is InChI=1S/C21H17ClN4O/c22-15-5-3-6-17(10-15)26-21-18-11-16(8-9-19(18)24-13-25-21)23-12-14-4-1-2-7-20(14)27/h1-11,13,23,27H,12H2,(H,24,25,26). The molecule has 4 rings (SSSR count). The van der Waals surface area contributed by atoms with E-state index >= 15 is 0 Å². The molecule has 4 aromatic rings. The molecule has 0 unspecified atom stereocenters. The van der Waals surface area contributed by atoms with Gasteiger partial charge in [-0.05, 0) is 42.5 Å². The molecule has 0 fully saturated rings. The Morgan fingerprint density at radius 1 is 0.889 bits per heavy atom. The van der Waals surface area contributed by atoms with Gasteiger partial charge in [-0.3, -0.25) is 0 Å². The van der Waals surface area contributed by atoms with Crippen LogP contribution in [0.4, 0.5) is 17.2 Å². The minimum absolute atomic E-state index is 0.275. The number of nitrogens with one attached hydrogen (secondary N) is 2. The van der Waals surface area contributed by atoms with Gasteiger partial charge in [-0.2, -0.15) is 0 Å². The summed E-state index contributed by atoms with van der Waals surface area (Å²) in [6, 6.07) is 20.6. The summed E-state index contributed by atoms with van der Waals surface area (Å²) in [6.07, 6.45) is 1.53. The van der Waals surface area contributed by atoms with E-state index in [1.165, 1.54) is 6.33 Å². The predicted octanol–water partition coefficient (Wildman–Crippen LogP) is 5.34. The van der Waals surface area contributed by atoms with Gasteiger partial charge in [0.1, 0.15) is 17.9 Å². The highest BCUT2D eigenvalue weighted by atomic mass is 35.5. The maximum absolute atomic E-state index is 9.91. The maximum Gasteiger partial charge on any atom is 0.141 e. The van der Waals surface area contributed by atoms with Gasteiger partial charge < -0.3 is 15.7 Å². The van der Waals surface area contributed by atoms with Crippen LogP contribution in [0.5, 0.6) is 5.75 Å². The van der Waals surface area contributed by atoms with Crippen molar-refractivity contribution in [2.45, 2.75) is 6.54 Å². The molecule has 3 aromatic carbocycles. The normalized spacial score (nSPS) is 10.7. The second-order valence-electron chi connectivity index (χ2n) is 6.07. The lowest BCUT2D eigenvalue weighted by Crippen LogP contribution is -2.01. The van der Waals surface area contributed by atoms with Crippen molar-refractivity contribution in [2.75, 3.05) is 10.6 Å². The fourth-order valence-electron chi connectivity index (χ4n) is 2.83. The summed E-state index contributed by atoms with van der Waals surface area (Å²) in [5.41, 5.74) is 3.44. The fraction of sp³-hybridized carbons (Fsp3) is 0.0476. The Hall–Kier alpha value is -3.31. The van der Waals surface area contributed by atoms with Crippen LogP contribution in [-0.4, -0.2) is 15.1 Å². The molecular weight excluding hydrogens is 360 g/mol. The Morgan fingerprint density at radius 3 is 2.63 bits per heavy atom. The molecule has 0 aliphatic rings. The summed E-state index contributed by atoms with van der Waals surface area (Å²) in [4.78, 5) is 8.70. The molecule has 3 N–H and O–H groups in total. The first-order chi connectivity index (χ1) is 13.2. The lowest BCUT2D eigenvalue weighted by Gasteiger charge is -2.11. The Labute approximate surface area is 161 Å². The number of aromatic nitrogens is 2. The number of phenolic OH excluding ortho intramolecular Hbond substituents is 1. The highest BCUT2D eigenvalue weighted by Crippen LogP contribution is 2.27. The van der Waals surface area contributed by atoms with Crippen molar-refractivity contribution in [3.8, 4) is 5.75 Å². The number of hydrogen-bond acceptors (Lipinski definition) is 5. The van der Waals surface area contributed by atoms with Gasteiger partial charge in [0.2, 0.25) is 0 Å². The Kier molecular flexibility index (Phi) is 4.77. The van der Waals surface area contributed by atoms with Crippen LogP contribution in [0.25, 0.3) is 10.9 Å². The van der Waals surface area contributed by atoms with Crippen LogP contribution in [0.3, 0.4) is 0 Å². The van der Waals surface area contributed by atoms with Gasteiger partial charge >= 0.3 is 0 Å². The highest BCUT2D eigenvalue weighted by Gasteiger charge is 2.07. The monoisotopic (exact) mass is 376 g/mol. The molecule has 0 atom stereocenters. The number of para-hydroxylation sites is 1. The lowest BCUT2D eigenvalue weighted by atomic mass is 10.1. The van der Waals surface area contributed by atoms with Gasteiger partial charge in [-0.15, -0.1) is 0 Å². The number of rotatable bonds is 5. The number of halogens is 1. The van der Waals surface area contributed by atoms with Crippen molar-refractivity contribution in [2.24, 2.45) is 0 Å². The van der Waals surface area contributed by atoms with Gasteiger partial charge in [0, 0.05) is 33.9 Å². The summed E-state index contributed by atoms with van der Waals surface area (Å²) in [5.74, 6) is 0.978. The van der Waals surface area contributed by atoms with Gasteiger partial charge in [0.05, 0.1) is 5.52 Å². The van der Waals surface area contributed by atoms with Gasteiger partial charge in [0.25, 0.3) is 0 Å². The van der Waals surface area contributed by atoms with Crippen molar-refractivity contribution >= 4 is 39.7 Å². The second-order valence-corrected chi connectivity index (χ2v) is 6.51. The number of hydrogen-bond donors (Lipinski definition) is 3. The highest BCUT2D eigenvalue weighted by molar-refractivity contribution is 6.30. The molecule has 27 heavy (non-hydrogen) atoms. The van der Waals surface area contributed by atoms with Crippen molar-refractivity contribution in [1.29, 1.82) is 0 Å². The Morgan fingerprint density at radius 2 is 1.78 bits per heavy atom. The first kappa shape index (κ1) is 17.1. The van der Waals surface area contributed by atoms with E-state index in [0.717, 1.165) is 27.8 Å². The van der Waals surface area contributed by atoms with E-state index < -0.39 is 0 Å². The molecule has 0 saturated carbocycles. The smallest absolute Gasteiger partial charge is 0.141 e. The zero-order chi connectivity index (χ0) is 18.6. The molecule has 0 radical (unpaired) electrons. The van der Waals surface area contributed by atoms with E-state index in [-0.39, 0.29) is 5.75 Å². The average molecular weight is 377 g/mol. The summed E-state index contributed by atoms with van der Waals surface area (Å²) < 4.78 is 0. The molecule has 6 heteroatoms. The van der Waals surface area contributed by atoms with E-state index in [9.17, 15) is 5.11 Å². The predicted molar refractivity (Wildman–Crippen MR) is 110 cm³/mol. The molecule has 0 saturated heterocycles. The first-order valence-corrected chi connectivity index (χ1v) is 8.85. The van der Waals surface area contributed by atoms with Gasteiger partial charge in [0.15, 0.2) is 0 Å². The third-order valence-electron chi connectivity index (χ3n) is 4.20. The van der Waals surface area contributed by atoms with Gasteiger partial charge in [-0.1, -0.05) is 35.9 Å². The summed E-state index contributed by atoms with van der Waals surface area (Å²) in [7, 11) is 0. The molecule has 134 valence electrons. The third-order valence-corrected chi connectivity index (χ3v) is 4.43. The number of phenols is 1. The number of benzene rings is 3. The summed E-state index contributed by atoms with van der Waals surface area (Å²) in [6.45, 7) is 0.517. The SMILES string of the molecule is Oc1ccccc1CNc1ccc2ncnc(Nc3cccc(Cl)c3)c2c1. The van der Waals surface area contributed by atoms with E-state index in [1.807, 2.05) is 54.6 Å². The third kappa shape index (κ3) is 3.93. The van der Waals surface area contributed by atoms with Crippen LogP contribution < -0.4 is 10.6 Å². The largest absolute Gasteiger partial charge is 0.508 e. The van der Waals surface area contributed by atoms with Crippen LogP contribution in [0.15, 0.2) is 73.1 Å². The Balaban J connectivity index is 1.62.